The van der Waals surface area contributed by atoms with Crippen molar-refractivity contribution in [1.82, 2.24) is 14.9 Å². The van der Waals surface area contributed by atoms with Gasteiger partial charge in [0.2, 0.25) is 0 Å². The van der Waals surface area contributed by atoms with Crippen LogP contribution < -0.4 is 5.32 Å². The molecule has 112 valence electrons. The zero-order valence-electron chi connectivity index (χ0n) is 12.1. The number of carboxylic acids is 1. The third-order valence-electron chi connectivity index (χ3n) is 3.94. The summed E-state index contributed by atoms with van der Waals surface area (Å²) in [5.74, 6) is 0.207. The Balaban J connectivity index is 1.60. The van der Waals surface area contributed by atoms with E-state index in [2.05, 4.69) is 16.9 Å². The summed E-state index contributed by atoms with van der Waals surface area (Å²) in [5, 5.41) is 14.1. The summed E-state index contributed by atoms with van der Waals surface area (Å²) >= 11 is 1.27. The van der Waals surface area contributed by atoms with Crippen molar-refractivity contribution in [2.24, 2.45) is 7.05 Å². The summed E-state index contributed by atoms with van der Waals surface area (Å²) in [6.45, 7) is 1.38. The maximum Gasteiger partial charge on any atom is 0.345 e. The van der Waals surface area contributed by atoms with Crippen molar-refractivity contribution in [1.29, 1.82) is 0 Å². The first kappa shape index (κ1) is 14.3. The Morgan fingerprint density at radius 1 is 1.43 bits per heavy atom. The van der Waals surface area contributed by atoms with E-state index in [-0.39, 0.29) is 0 Å². The molecular weight excluding hydrogens is 286 g/mol. The molecule has 0 bridgehead atoms. The smallest absolute Gasteiger partial charge is 0.345 e. The summed E-state index contributed by atoms with van der Waals surface area (Å²) in [5.41, 5.74) is 3.64. The first-order valence-electron chi connectivity index (χ1n) is 7.20. The van der Waals surface area contributed by atoms with Crippen LogP contribution in [-0.4, -0.2) is 20.6 Å². The number of rotatable bonds is 5. The second-order valence-electron chi connectivity index (χ2n) is 5.42. The highest BCUT2D eigenvalue weighted by Crippen LogP contribution is 2.21. The molecule has 0 unspecified atom stereocenters. The largest absolute Gasteiger partial charge is 0.477 e. The standard InChI is InChI=1S/C15H19N3O2S/c1-18-12-5-3-2-4-11(12)17-14(18)8-16-7-10-6-13(15(19)20)21-9-10/h6,9,16H,2-5,7-8H2,1H3,(H,19,20). The highest BCUT2D eigenvalue weighted by Gasteiger charge is 2.17. The van der Waals surface area contributed by atoms with Gasteiger partial charge in [0.25, 0.3) is 0 Å². The molecule has 0 fully saturated rings. The molecule has 0 aliphatic heterocycles. The van der Waals surface area contributed by atoms with Gasteiger partial charge in [0, 0.05) is 19.3 Å². The molecule has 0 atom stereocenters. The number of hydrogen-bond donors (Lipinski definition) is 2. The summed E-state index contributed by atoms with van der Waals surface area (Å²) < 4.78 is 2.21. The maximum atomic E-state index is 10.8. The first-order chi connectivity index (χ1) is 10.1. The SMILES string of the molecule is Cn1c(CNCc2csc(C(=O)O)c2)nc2c1CCCC2. The van der Waals surface area contributed by atoms with E-state index in [4.69, 9.17) is 10.1 Å². The number of carboxylic acid groups (broad SMARTS) is 1. The molecule has 0 saturated carbocycles. The van der Waals surface area contributed by atoms with E-state index in [1.807, 2.05) is 5.38 Å². The van der Waals surface area contributed by atoms with E-state index >= 15 is 0 Å². The lowest BCUT2D eigenvalue weighted by molar-refractivity contribution is 0.0702. The van der Waals surface area contributed by atoms with E-state index in [1.54, 1.807) is 6.07 Å². The van der Waals surface area contributed by atoms with E-state index in [1.165, 1.54) is 35.6 Å². The van der Waals surface area contributed by atoms with Crippen molar-refractivity contribution in [3.8, 4) is 0 Å². The van der Waals surface area contributed by atoms with Gasteiger partial charge in [-0.15, -0.1) is 11.3 Å². The second-order valence-corrected chi connectivity index (χ2v) is 6.33. The number of imidazole rings is 1. The van der Waals surface area contributed by atoms with Crippen LogP contribution in [0.25, 0.3) is 0 Å². The lowest BCUT2D eigenvalue weighted by Gasteiger charge is -2.11. The van der Waals surface area contributed by atoms with Crippen LogP contribution in [0.2, 0.25) is 0 Å². The van der Waals surface area contributed by atoms with Crippen LogP contribution in [0.3, 0.4) is 0 Å². The van der Waals surface area contributed by atoms with Crippen molar-refractivity contribution in [3.63, 3.8) is 0 Å². The zero-order valence-corrected chi connectivity index (χ0v) is 12.9. The Labute approximate surface area is 127 Å². The van der Waals surface area contributed by atoms with Gasteiger partial charge in [0.05, 0.1) is 12.2 Å². The molecule has 2 aromatic heterocycles. The van der Waals surface area contributed by atoms with Gasteiger partial charge in [-0.05, 0) is 42.7 Å². The monoisotopic (exact) mass is 305 g/mol. The lowest BCUT2D eigenvalue weighted by Crippen LogP contribution is -2.16. The topological polar surface area (TPSA) is 67.2 Å². The molecule has 2 aromatic rings. The van der Waals surface area contributed by atoms with E-state index in [0.717, 1.165) is 24.2 Å². The fourth-order valence-corrected chi connectivity index (χ4v) is 3.55. The number of aryl methyl sites for hydroxylation is 1. The molecule has 1 aliphatic rings. The van der Waals surface area contributed by atoms with Gasteiger partial charge in [-0.1, -0.05) is 0 Å². The van der Waals surface area contributed by atoms with Crippen LogP contribution in [0.1, 0.15) is 45.3 Å². The van der Waals surface area contributed by atoms with Gasteiger partial charge in [-0.3, -0.25) is 0 Å². The molecule has 0 amide bonds. The normalized spacial score (nSPS) is 14.1. The van der Waals surface area contributed by atoms with Crippen LogP contribution in [0.4, 0.5) is 0 Å². The van der Waals surface area contributed by atoms with Crippen LogP contribution in [-0.2, 0) is 33.0 Å². The van der Waals surface area contributed by atoms with E-state index < -0.39 is 5.97 Å². The van der Waals surface area contributed by atoms with Gasteiger partial charge in [-0.25, -0.2) is 9.78 Å². The van der Waals surface area contributed by atoms with Gasteiger partial charge >= 0.3 is 5.97 Å². The van der Waals surface area contributed by atoms with Gasteiger partial charge in [-0.2, -0.15) is 0 Å². The number of nitrogens with zero attached hydrogens (tertiary/aromatic N) is 2. The van der Waals surface area contributed by atoms with Crippen LogP contribution in [0.15, 0.2) is 11.4 Å². The number of aromatic carboxylic acids is 1. The molecule has 0 aromatic carbocycles. The molecule has 2 N–H and O–H groups in total. The predicted octanol–water partition coefficient (Wildman–Crippen LogP) is 2.35. The molecule has 21 heavy (non-hydrogen) atoms. The number of thiophene rings is 1. The summed E-state index contributed by atoms with van der Waals surface area (Å²) in [6.07, 6.45) is 4.72. The van der Waals surface area contributed by atoms with Crippen molar-refractivity contribution < 1.29 is 9.90 Å². The molecule has 0 radical (unpaired) electrons. The number of fused-ring (bicyclic) bond motifs is 1. The van der Waals surface area contributed by atoms with Gasteiger partial charge < -0.3 is 15.0 Å². The molecule has 3 rings (SSSR count). The Morgan fingerprint density at radius 2 is 2.24 bits per heavy atom. The number of aromatic nitrogens is 2. The highest BCUT2D eigenvalue weighted by atomic mass is 32.1. The second kappa shape index (κ2) is 5.99. The van der Waals surface area contributed by atoms with Crippen LogP contribution >= 0.6 is 11.3 Å². The Morgan fingerprint density at radius 3 is 2.95 bits per heavy atom. The van der Waals surface area contributed by atoms with Gasteiger partial charge in [0.15, 0.2) is 0 Å². The molecule has 0 saturated heterocycles. The molecular formula is C15H19N3O2S. The third kappa shape index (κ3) is 3.01. The van der Waals surface area contributed by atoms with Crippen LogP contribution in [0, 0.1) is 0 Å². The quantitative estimate of drug-likeness (QED) is 0.890. The molecule has 2 heterocycles. The minimum absolute atomic E-state index is 0.388. The molecule has 6 heteroatoms. The van der Waals surface area contributed by atoms with E-state index in [0.29, 0.717) is 18.0 Å². The van der Waals surface area contributed by atoms with Crippen molar-refractivity contribution in [3.05, 3.63) is 39.1 Å². The number of nitrogens with one attached hydrogen (secondary N) is 1. The predicted molar refractivity (Wildman–Crippen MR) is 81.7 cm³/mol. The van der Waals surface area contributed by atoms with Crippen molar-refractivity contribution in [2.45, 2.75) is 38.8 Å². The molecule has 1 aliphatic carbocycles. The van der Waals surface area contributed by atoms with Crippen molar-refractivity contribution >= 4 is 17.3 Å². The minimum atomic E-state index is -0.858. The zero-order chi connectivity index (χ0) is 14.8. The van der Waals surface area contributed by atoms with E-state index in [9.17, 15) is 4.79 Å². The first-order valence-corrected chi connectivity index (χ1v) is 8.08. The number of carbonyl (C=O) groups is 1. The Hall–Kier alpha value is -1.66. The molecule has 5 nitrogen and oxygen atoms in total. The minimum Gasteiger partial charge on any atom is -0.477 e. The summed E-state index contributed by atoms with van der Waals surface area (Å²) in [7, 11) is 2.08. The average molecular weight is 305 g/mol. The average Bonchev–Trinajstić information content (AvgIpc) is 3.06. The van der Waals surface area contributed by atoms with Crippen molar-refractivity contribution in [2.75, 3.05) is 0 Å². The highest BCUT2D eigenvalue weighted by molar-refractivity contribution is 7.12. The maximum absolute atomic E-state index is 10.8. The molecule has 0 spiro atoms. The fourth-order valence-electron chi connectivity index (χ4n) is 2.80. The Kier molecular flexibility index (Phi) is 4.07. The Bertz CT molecular complexity index is 660. The summed E-state index contributed by atoms with van der Waals surface area (Å²) in [6, 6.07) is 1.73. The third-order valence-corrected chi connectivity index (χ3v) is 4.91. The fraction of sp³-hybridized carbons (Fsp3) is 0.467. The van der Waals surface area contributed by atoms with Crippen LogP contribution in [0.5, 0.6) is 0 Å². The van der Waals surface area contributed by atoms with Gasteiger partial charge in [0.1, 0.15) is 10.7 Å². The number of hydrogen-bond acceptors (Lipinski definition) is 4. The summed E-state index contributed by atoms with van der Waals surface area (Å²) in [4.78, 5) is 16.0. The lowest BCUT2D eigenvalue weighted by atomic mass is 10.0.